The van der Waals surface area contributed by atoms with Gasteiger partial charge in [0.2, 0.25) is 0 Å². The third-order valence-electron chi connectivity index (χ3n) is 2.61. The monoisotopic (exact) mass is 271 g/mol. The van der Waals surface area contributed by atoms with Crippen LogP contribution in [0.1, 0.15) is 19.3 Å². The lowest BCUT2D eigenvalue weighted by Crippen LogP contribution is -2.22. The van der Waals surface area contributed by atoms with Gasteiger partial charge < -0.3 is 4.72 Å². The molecule has 0 bridgehead atoms. The second kappa shape index (κ2) is 4.47. The van der Waals surface area contributed by atoms with Gasteiger partial charge in [-0.3, -0.25) is 0 Å². The van der Waals surface area contributed by atoms with E-state index in [1.54, 1.807) is 18.1 Å². The maximum atomic E-state index is 5.85. The zero-order chi connectivity index (χ0) is 11.0. The molecule has 1 aromatic heterocycles. The van der Waals surface area contributed by atoms with Gasteiger partial charge in [0.25, 0.3) is 0 Å². The van der Waals surface area contributed by atoms with E-state index in [0.717, 1.165) is 21.0 Å². The molecule has 1 fully saturated rings. The molecule has 2 aliphatic rings. The third kappa shape index (κ3) is 2.17. The van der Waals surface area contributed by atoms with Crippen LogP contribution in [0, 0.1) is 0 Å². The summed E-state index contributed by atoms with van der Waals surface area (Å²) in [6.07, 6.45) is 5.72. The van der Waals surface area contributed by atoms with E-state index in [1.165, 1.54) is 19.3 Å². The molecule has 3 nitrogen and oxygen atoms in total. The Morgan fingerprint density at radius 3 is 3.12 bits per heavy atom. The average molecular weight is 272 g/mol. The summed E-state index contributed by atoms with van der Waals surface area (Å²) in [6.45, 7) is 0. The molecule has 0 aromatic carbocycles. The lowest BCUT2D eigenvalue weighted by molar-refractivity contribution is 0.524. The molecule has 1 N–H and O–H groups in total. The number of hydrogen-bond donors (Lipinski definition) is 1. The average Bonchev–Trinajstić information content (AvgIpc) is 2.23. The molecule has 1 saturated carbocycles. The maximum Gasteiger partial charge on any atom is 0.172 e. The van der Waals surface area contributed by atoms with Gasteiger partial charge in [0, 0.05) is 17.5 Å². The van der Waals surface area contributed by atoms with Crippen LogP contribution >= 0.6 is 35.3 Å². The van der Waals surface area contributed by atoms with Gasteiger partial charge in [-0.25, -0.2) is 9.98 Å². The molecule has 3 rings (SSSR count). The number of aliphatic imine (C=N–C) groups is 1. The van der Waals surface area contributed by atoms with Gasteiger partial charge >= 0.3 is 0 Å². The molecule has 0 unspecified atom stereocenters. The molecule has 16 heavy (non-hydrogen) atoms. The number of hydrogen-bond acceptors (Lipinski definition) is 5. The largest absolute Gasteiger partial charge is 0.305 e. The van der Waals surface area contributed by atoms with E-state index < -0.39 is 0 Å². The van der Waals surface area contributed by atoms with Crippen LogP contribution in [-0.4, -0.2) is 15.4 Å². The molecule has 0 spiro atoms. The van der Waals surface area contributed by atoms with Crippen molar-refractivity contribution in [1.82, 2.24) is 9.71 Å². The fraction of sp³-hybridized carbons (Fsp3) is 0.400. The number of rotatable bonds is 1. The van der Waals surface area contributed by atoms with Crippen molar-refractivity contribution >= 4 is 46.2 Å². The standard InChI is InChI=1S/C10H10ClN3S2/c11-9-4-7-8(5-12-9)16-14-10(13-7)15-6-2-1-3-6/h4-6H,1-3H2,(H,13,14). The fourth-order valence-electron chi connectivity index (χ4n) is 1.50. The Balaban J connectivity index is 1.81. The molecule has 6 heteroatoms. The SMILES string of the molecule is Clc1cc2c(cn1)SNC(SC1CCC1)=N2. The van der Waals surface area contributed by atoms with Crippen LogP contribution in [0.4, 0.5) is 5.69 Å². The molecule has 1 aromatic rings. The summed E-state index contributed by atoms with van der Waals surface area (Å²) in [7, 11) is 0. The van der Waals surface area contributed by atoms with Crippen molar-refractivity contribution in [3.63, 3.8) is 0 Å². The van der Waals surface area contributed by atoms with Crippen molar-refractivity contribution in [3.8, 4) is 0 Å². The highest BCUT2D eigenvalue weighted by Crippen LogP contribution is 2.37. The van der Waals surface area contributed by atoms with E-state index in [-0.39, 0.29) is 0 Å². The first-order chi connectivity index (χ1) is 7.81. The van der Waals surface area contributed by atoms with Crippen molar-refractivity contribution in [2.45, 2.75) is 29.4 Å². The van der Waals surface area contributed by atoms with Crippen LogP contribution in [0.25, 0.3) is 0 Å². The highest BCUT2D eigenvalue weighted by Gasteiger charge is 2.22. The van der Waals surface area contributed by atoms with Gasteiger partial charge in [-0.1, -0.05) is 29.8 Å². The minimum Gasteiger partial charge on any atom is -0.305 e. The maximum absolute atomic E-state index is 5.85. The Labute approximate surface area is 108 Å². The molecular formula is C10H10ClN3S2. The Bertz CT molecular complexity index is 446. The van der Waals surface area contributed by atoms with E-state index in [0.29, 0.717) is 5.15 Å². The molecule has 0 atom stereocenters. The number of nitrogens with zero attached hydrogens (tertiary/aromatic N) is 2. The highest BCUT2D eigenvalue weighted by atomic mass is 35.5. The zero-order valence-electron chi connectivity index (χ0n) is 8.44. The lowest BCUT2D eigenvalue weighted by Gasteiger charge is -2.26. The summed E-state index contributed by atoms with van der Waals surface area (Å²) in [4.78, 5) is 9.62. The smallest absolute Gasteiger partial charge is 0.172 e. The van der Waals surface area contributed by atoms with Crippen LogP contribution < -0.4 is 4.72 Å². The summed E-state index contributed by atoms with van der Waals surface area (Å²) in [6, 6.07) is 1.81. The molecule has 0 saturated heterocycles. The number of aromatic nitrogens is 1. The van der Waals surface area contributed by atoms with E-state index in [2.05, 4.69) is 14.7 Å². The Morgan fingerprint density at radius 2 is 2.38 bits per heavy atom. The van der Waals surface area contributed by atoms with E-state index in [4.69, 9.17) is 11.6 Å². The summed E-state index contributed by atoms with van der Waals surface area (Å²) < 4.78 is 3.24. The number of halogens is 1. The normalized spacial score (nSPS) is 19.4. The molecule has 0 radical (unpaired) electrons. The van der Waals surface area contributed by atoms with Crippen LogP contribution in [0.15, 0.2) is 22.2 Å². The van der Waals surface area contributed by atoms with Crippen LogP contribution in [0.2, 0.25) is 5.15 Å². The molecule has 2 heterocycles. The third-order valence-corrected chi connectivity index (χ3v) is 5.00. The van der Waals surface area contributed by atoms with Gasteiger partial charge in [-0.15, -0.1) is 0 Å². The van der Waals surface area contributed by atoms with E-state index in [1.807, 2.05) is 17.8 Å². The summed E-state index contributed by atoms with van der Waals surface area (Å²) in [5.74, 6) is 0. The molecule has 1 aliphatic heterocycles. The zero-order valence-corrected chi connectivity index (χ0v) is 10.8. The summed E-state index contributed by atoms with van der Waals surface area (Å²) in [5, 5.41) is 2.23. The number of pyridine rings is 1. The topological polar surface area (TPSA) is 37.3 Å². The van der Waals surface area contributed by atoms with Crippen molar-refractivity contribution in [2.75, 3.05) is 0 Å². The minimum atomic E-state index is 0.498. The van der Waals surface area contributed by atoms with Crippen molar-refractivity contribution in [3.05, 3.63) is 17.4 Å². The number of fused-ring (bicyclic) bond motifs is 1. The van der Waals surface area contributed by atoms with Crippen molar-refractivity contribution in [2.24, 2.45) is 4.99 Å². The van der Waals surface area contributed by atoms with Gasteiger partial charge in [0.15, 0.2) is 5.17 Å². The lowest BCUT2D eigenvalue weighted by atomic mass is 10.0. The van der Waals surface area contributed by atoms with Crippen molar-refractivity contribution in [1.29, 1.82) is 0 Å². The highest BCUT2D eigenvalue weighted by molar-refractivity contribution is 8.16. The van der Waals surface area contributed by atoms with Gasteiger partial charge in [0.1, 0.15) is 5.15 Å². The quantitative estimate of drug-likeness (QED) is 0.625. The predicted octanol–water partition coefficient (Wildman–Crippen LogP) is 3.62. The number of thioether (sulfide) groups is 1. The van der Waals surface area contributed by atoms with Crippen LogP contribution in [0.3, 0.4) is 0 Å². The minimum absolute atomic E-state index is 0.498. The Hall–Kier alpha value is -0.390. The summed E-state index contributed by atoms with van der Waals surface area (Å²) >= 11 is 9.24. The predicted molar refractivity (Wildman–Crippen MR) is 70.6 cm³/mol. The van der Waals surface area contributed by atoms with Crippen LogP contribution in [0.5, 0.6) is 0 Å². The van der Waals surface area contributed by atoms with Gasteiger partial charge in [-0.05, 0) is 24.8 Å². The molecule has 0 amide bonds. The summed E-state index contributed by atoms with van der Waals surface area (Å²) in [5.41, 5.74) is 0.922. The first-order valence-corrected chi connectivity index (χ1v) is 7.22. The molecule has 84 valence electrons. The van der Waals surface area contributed by atoms with E-state index in [9.17, 15) is 0 Å². The van der Waals surface area contributed by atoms with Crippen LogP contribution in [-0.2, 0) is 0 Å². The second-order valence-corrected chi connectivity index (χ2v) is 6.29. The van der Waals surface area contributed by atoms with Gasteiger partial charge in [0.05, 0.1) is 10.6 Å². The molecular weight excluding hydrogens is 262 g/mol. The van der Waals surface area contributed by atoms with Gasteiger partial charge in [-0.2, -0.15) is 0 Å². The Morgan fingerprint density at radius 1 is 1.50 bits per heavy atom. The first kappa shape index (κ1) is 10.7. The Kier molecular flexibility index (Phi) is 3.00. The second-order valence-electron chi connectivity index (χ2n) is 3.77. The van der Waals surface area contributed by atoms with E-state index >= 15 is 0 Å². The number of nitrogens with one attached hydrogen (secondary N) is 1. The number of amidine groups is 1. The fourth-order valence-corrected chi connectivity index (χ4v) is 3.56. The molecule has 1 aliphatic carbocycles. The first-order valence-electron chi connectivity index (χ1n) is 5.15. The van der Waals surface area contributed by atoms with Crippen molar-refractivity contribution < 1.29 is 0 Å².